The topological polar surface area (TPSA) is 12.0 Å². The molecule has 2 unspecified atom stereocenters. The summed E-state index contributed by atoms with van der Waals surface area (Å²) in [4.78, 5) is 0. The van der Waals surface area contributed by atoms with E-state index in [0.717, 1.165) is 12.0 Å². The van der Waals surface area contributed by atoms with E-state index in [2.05, 4.69) is 25.7 Å². The second-order valence-electron chi connectivity index (χ2n) is 3.87. The molecule has 1 rings (SSSR count). The van der Waals surface area contributed by atoms with Crippen LogP contribution in [0.2, 0.25) is 0 Å². The van der Waals surface area contributed by atoms with Gasteiger partial charge >= 0.3 is 0 Å². The second kappa shape index (κ2) is 5.66. The molecule has 0 heterocycles. The molecule has 2 heteroatoms. The Morgan fingerprint density at radius 3 is 2.47 bits per heavy atom. The van der Waals surface area contributed by atoms with Crippen molar-refractivity contribution in [3.8, 4) is 0 Å². The molecule has 0 aliphatic heterocycles. The van der Waals surface area contributed by atoms with Gasteiger partial charge in [-0.05, 0) is 38.0 Å². The lowest BCUT2D eigenvalue weighted by Gasteiger charge is -2.19. The predicted molar refractivity (Wildman–Crippen MR) is 62.2 cm³/mol. The molecule has 0 saturated heterocycles. The Hall–Kier alpha value is -1.15. The van der Waals surface area contributed by atoms with Crippen molar-refractivity contribution in [2.45, 2.75) is 32.4 Å². The molecule has 0 aromatic heterocycles. The van der Waals surface area contributed by atoms with E-state index in [4.69, 9.17) is 0 Å². The number of halogens is 1. The first-order valence-electron chi connectivity index (χ1n) is 5.26. The van der Waals surface area contributed by atoms with Gasteiger partial charge in [-0.15, -0.1) is 6.58 Å². The number of hydrogen-bond acceptors (Lipinski definition) is 1. The van der Waals surface area contributed by atoms with Gasteiger partial charge in [0.05, 0.1) is 0 Å². The quantitative estimate of drug-likeness (QED) is 0.729. The molecule has 1 N–H and O–H groups in total. The van der Waals surface area contributed by atoms with E-state index in [-0.39, 0.29) is 11.9 Å². The van der Waals surface area contributed by atoms with Crippen LogP contribution in [0.1, 0.15) is 31.9 Å². The van der Waals surface area contributed by atoms with Crippen LogP contribution in [0.5, 0.6) is 0 Å². The number of hydrogen-bond donors (Lipinski definition) is 1. The highest BCUT2D eigenvalue weighted by molar-refractivity contribution is 5.19. The Morgan fingerprint density at radius 2 is 1.93 bits per heavy atom. The molecular formula is C13H18FN. The van der Waals surface area contributed by atoms with Crippen molar-refractivity contribution < 1.29 is 4.39 Å². The summed E-state index contributed by atoms with van der Waals surface area (Å²) in [6.45, 7) is 7.89. The average Bonchev–Trinajstić information content (AvgIpc) is 2.18. The Kier molecular flexibility index (Phi) is 4.50. The standard InChI is InChI=1S/C13H18FN/c1-4-5-10(2)15-11(3)12-6-8-13(14)9-7-12/h4,6-11,15H,1,5H2,2-3H3. The van der Waals surface area contributed by atoms with Crippen molar-refractivity contribution in [3.05, 3.63) is 48.3 Å². The van der Waals surface area contributed by atoms with Crippen LogP contribution in [0.3, 0.4) is 0 Å². The minimum atomic E-state index is -0.190. The first-order valence-corrected chi connectivity index (χ1v) is 5.26. The van der Waals surface area contributed by atoms with Gasteiger partial charge in [0.1, 0.15) is 5.82 Å². The molecule has 0 aliphatic rings. The van der Waals surface area contributed by atoms with E-state index in [1.54, 1.807) is 0 Å². The SMILES string of the molecule is C=CCC(C)NC(C)c1ccc(F)cc1. The largest absolute Gasteiger partial charge is 0.307 e. The summed E-state index contributed by atoms with van der Waals surface area (Å²) in [7, 11) is 0. The summed E-state index contributed by atoms with van der Waals surface area (Å²) in [5, 5.41) is 3.42. The van der Waals surface area contributed by atoms with Gasteiger partial charge in [-0.2, -0.15) is 0 Å². The lowest BCUT2D eigenvalue weighted by atomic mass is 10.1. The van der Waals surface area contributed by atoms with Crippen molar-refractivity contribution in [1.82, 2.24) is 5.32 Å². The second-order valence-corrected chi connectivity index (χ2v) is 3.87. The first kappa shape index (κ1) is 11.9. The van der Waals surface area contributed by atoms with E-state index in [1.165, 1.54) is 12.1 Å². The number of rotatable bonds is 5. The zero-order valence-corrected chi connectivity index (χ0v) is 9.33. The lowest BCUT2D eigenvalue weighted by Crippen LogP contribution is -2.28. The smallest absolute Gasteiger partial charge is 0.123 e. The molecule has 0 bridgehead atoms. The van der Waals surface area contributed by atoms with Crippen molar-refractivity contribution >= 4 is 0 Å². The van der Waals surface area contributed by atoms with Crippen LogP contribution in [0, 0.1) is 5.82 Å². The lowest BCUT2D eigenvalue weighted by molar-refractivity contribution is 0.482. The Bertz CT molecular complexity index is 305. The van der Waals surface area contributed by atoms with Gasteiger partial charge in [0.2, 0.25) is 0 Å². The molecule has 0 fully saturated rings. The van der Waals surface area contributed by atoms with Crippen molar-refractivity contribution in [2.75, 3.05) is 0 Å². The third kappa shape index (κ3) is 3.84. The van der Waals surface area contributed by atoms with Gasteiger partial charge in [-0.1, -0.05) is 18.2 Å². The summed E-state index contributed by atoms with van der Waals surface area (Å²) in [5.74, 6) is -0.190. The molecule has 0 saturated carbocycles. The molecule has 0 radical (unpaired) electrons. The van der Waals surface area contributed by atoms with E-state index in [0.29, 0.717) is 6.04 Å². The molecule has 82 valence electrons. The fraction of sp³-hybridized carbons (Fsp3) is 0.385. The van der Waals surface area contributed by atoms with Crippen LogP contribution < -0.4 is 5.32 Å². The summed E-state index contributed by atoms with van der Waals surface area (Å²) in [6.07, 6.45) is 2.83. The van der Waals surface area contributed by atoms with Crippen LogP contribution >= 0.6 is 0 Å². The minimum absolute atomic E-state index is 0.190. The molecule has 2 atom stereocenters. The molecule has 1 aromatic carbocycles. The first-order chi connectivity index (χ1) is 7.13. The fourth-order valence-electron chi connectivity index (χ4n) is 1.59. The van der Waals surface area contributed by atoms with E-state index in [9.17, 15) is 4.39 Å². The van der Waals surface area contributed by atoms with Gasteiger partial charge in [0, 0.05) is 12.1 Å². The van der Waals surface area contributed by atoms with Gasteiger partial charge in [0.15, 0.2) is 0 Å². The minimum Gasteiger partial charge on any atom is -0.307 e. The van der Waals surface area contributed by atoms with Gasteiger partial charge in [0.25, 0.3) is 0 Å². The monoisotopic (exact) mass is 207 g/mol. The Balaban J connectivity index is 2.56. The van der Waals surface area contributed by atoms with Crippen molar-refractivity contribution in [2.24, 2.45) is 0 Å². The van der Waals surface area contributed by atoms with Crippen LogP contribution in [-0.2, 0) is 0 Å². The van der Waals surface area contributed by atoms with Crippen LogP contribution in [0.4, 0.5) is 4.39 Å². The zero-order chi connectivity index (χ0) is 11.3. The maximum Gasteiger partial charge on any atom is 0.123 e. The normalized spacial score (nSPS) is 14.6. The van der Waals surface area contributed by atoms with Crippen molar-refractivity contribution in [3.63, 3.8) is 0 Å². The third-order valence-corrected chi connectivity index (χ3v) is 2.42. The molecule has 0 aliphatic carbocycles. The molecule has 1 nitrogen and oxygen atoms in total. The average molecular weight is 207 g/mol. The highest BCUT2D eigenvalue weighted by atomic mass is 19.1. The molecule has 1 aromatic rings. The van der Waals surface area contributed by atoms with Crippen LogP contribution in [-0.4, -0.2) is 6.04 Å². The molecule has 0 spiro atoms. The third-order valence-electron chi connectivity index (χ3n) is 2.42. The highest BCUT2D eigenvalue weighted by Crippen LogP contribution is 2.14. The fourth-order valence-corrected chi connectivity index (χ4v) is 1.59. The van der Waals surface area contributed by atoms with Crippen LogP contribution in [0.25, 0.3) is 0 Å². The van der Waals surface area contributed by atoms with E-state index < -0.39 is 0 Å². The molecule has 15 heavy (non-hydrogen) atoms. The highest BCUT2D eigenvalue weighted by Gasteiger charge is 2.07. The summed E-state index contributed by atoms with van der Waals surface area (Å²) in [5.41, 5.74) is 1.10. The molecule has 0 amide bonds. The van der Waals surface area contributed by atoms with Gasteiger partial charge in [-0.3, -0.25) is 0 Å². The number of nitrogens with one attached hydrogen (secondary N) is 1. The number of benzene rings is 1. The maximum atomic E-state index is 12.7. The van der Waals surface area contributed by atoms with Crippen molar-refractivity contribution in [1.29, 1.82) is 0 Å². The van der Waals surface area contributed by atoms with Gasteiger partial charge in [-0.25, -0.2) is 4.39 Å². The maximum absolute atomic E-state index is 12.7. The van der Waals surface area contributed by atoms with Gasteiger partial charge < -0.3 is 5.32 Å². The Labute approximate surface area is 91.0 Å². The summed E-state index contributed by atoms with van der Waals surface area (Å²) >= 11 is 0. The Morgan fingerprint density at radius 1 is 1.33 bits per heavy atom. The molecular weight excluding hydrogens is 189 g/mol. The van der Waals surface area contributed by atoms with Crippen LogP contribution in [0.15, 0.2) is 36.9 Å². The zero-order valence-electron chi connectivity index (χ0n) is 9.33. The summed E-state index contributed by atoms with van der Waals surface area (Å²) in [6, 6.07) is 7.24. The van der Waals surface area contributed by atoms with E-state index >= 15 is 0 Å². The summed E-state index contributed by atoms with van der Waals surface area (Å²) < 4.78 is 12.7. The predicted octanol–water partition coefficient (Wildman–Crippen LogP) is 3.44. The van der Waals surface area contributed by atoms with E-state index in [1.807, 2.05) is 18.2 Å².